The Bertz CT molecular complexity index is 729. The second kappa shape index (κ2) is 6.26. The number of amides is 4. The van der Waals surface area contributed by atoms with Crippen molar-refractivity contribution in [1.29, 1.82) is 0 Å². The van der Waals surface area contributed by atoms with Crippen LogP contribution in [-0.4, -0.2) is 46.8 Å². The van der Waals surface area contributed by atoms with Gasteiger partial charge in [-0.25, -0.2) is 4.79 Å². The summed E-state index contributed by atoms with van der Waals surface area (Å²) < 4.78 is 0. The van der Waals surface area contributed by atoms with Gasteiger partial charge in [-0.05, 0) is 25.3 Å². The van der Waals surface area contributed by atoms with E-state index in [1.54, 1.807) is 0 Å². The van der Waals surface area contributed by atoms with Crippen LogP contribution in [0.5, 0.6) is 0 Å². The minimum atomic E-state index is -0.608. The molecule has 0 bridgehead atoms. The summed E-state index contributed by atoms with van der Waals surface area (Å²) in [5.74, 6) is -1.01. The van der Waals surface area contributed by atoms with Crippen LogP contribution in [0.3, 0.4) is 0 Å². The molecule has 4 amide bonds. The molecule has 0 saturated heterocycles. The lowest BCUT2D eigenvalue weighted by Gasteiger charge is -2.14. The average Bonchev–Trinajstić information content (AvgIpc) is 3.33. The van der Waals surface area contributed by atoms with Gasteiger partial charge in [-0.15, -0.1) is 0 Å². The lowest BCUT2D eigenvalue weighted by atomic mass is 10.1. The summed E-state index contributed by atoms with van der Waals surface area (Å²) >= 11 is 0. The van der Waals surface area contributed by atoms with Crippen molar-refractivity contribution in [2.75, 3.05) is 13.1 Å². The first-order valence-electron chi connectivity index (χ1n) is 7.66. The predicted octanol–water partition coefficient (Wildman–Crippen LogP) is 1.04. The van der Waals surface area contributed by atoms with E-state index in [0.717, 1.165) is 23.8 Å². The Labute approximate surface area is 137 Å². The molecular weight excluding hydrogens is 316 g/mol. The van der Waals surface area contributed by atoms with Gasteiger partial charge >= 0.3 is 6.03 Å². The molecule has 1 fully saturated rings. The fraction of sp³-hybridized carbons (Fsp3) is 0.400. The van der Waals surface area contributed by atoms with Crippen LogP contribution in [0.1, 0.15) is 40.0 Å². The normalized spacial score (nSPS) is 16.1. The number of imide groups is 1. The van der Waals surface area contributed by atoms with Gasteiger partial charge in [0.2, 0.25) is 0 Å². The average molecular weight is 332 g/mol. The molecule has 0 spiro atoms. The first-order valence-corrected chi connectivity index (χ1v) is 7.66. The molecule has 0 radical (unpaired) electrons. The minimum absolute atomic E-state index is 0.0497. The third kappa shape index (κ3) is 3.19. The highest BCUT2D eigenvalue weighted by atomic mass is 16.6. The van der Waals surface area contributed by atoms with E-state index in [4.69, 9.17) is 0 Å². The lowest BCUT2D eigenvalue weighted by Crippen LogP contribution is -2.39. The number of urea groups is 1. The van der Waals surface area contributed by atoms with E-state index < -0.39 is 16.7 Å². The van der Waals surface area contributed by atoms with Crippen molar-refractivity contribution >= 4 is 23.5 Å². The Balaban J connectivity index is 1.55. The van der Waals surface area contributed by atoms with Gasteiger partial charge < -0.3 is 10.6 Å². The van der Waals surface area contributed by atoms with Crippen molar-refractivity contribution in [2.45, 2.75) is 25.3 Å². The van der Waals surface area contributed by atoms with Crippen molar-refractivity contribution < 1.29 is 19.3 Å². The highest BCUT2D eigenvalue weighted by molar-refractivity contribution is 6.21. The fourth-order valence-electron chi connectivity index (χ4n) is 2.50. The highest BCUT2D eigenvalue weighted by Crippen LogP contribution is 2.26. The quantitative estimate of drug-likeness (QED) is 0.349. The zero-order valence-electron chi connectivity index (χ0n) is 12.8. The van der Waals surface area contributed by atoms with Crippen LogP contribution >= 0.6 is 0 Å². The SMILES string of the molecule is O=C(NCCCN1C(=O)c2ccc([N+](=O)[O-])cc2C1=O)NC1CC1. The predicted molar refractivity (Wildman–Crippen MR) is 82.6 cm³/mol. The Morgan fingerprint density at radius 2 is 1.96 bits per heavy atom. The lowest BCUT2D eigenvalue weighted by molar-refractivity contribution is -0.384. The zero-order chi connectivity index (χ0) is 17.3. The number of non-ortho nitro benzene ring substituents is 1. The van der Waals surface area contributed by atoms with E-state index >= 15 is 0 Å². The molecule has 3 rings (SSSR count). The van der Waals surface area contributed by atoms with Crippen LogP contribution in [0.25, 0.3) is 0 Å². The van der Waals surface area contributed by atoms with Gasteiger partial charge in [-0.2, -0.15) is 0 Å². The van der Waals surface area contributed by atoms with Crippen LogP contribution in [-0.2, 0) is 0 Å². The van der Waals surface area contributed by atoms with Gasteiger partial charge in [0.05, 0.1) is 16.1 Å². The summed E-state index contributed by atoms with van der Waals surface area (Å²) in [6.45, 7) is 0.468. The molecule has 1 aliphatic heterocycles. The molecule has 1 saturated carbocycles. The second-order valence-corrected chi connectivity index (χ2v) is 5.78. The number of benzene rings is 1. The van der Waals surface area contributed by atoms with E-state index in [2.05, 4.69) is 10.6 Å². The number of carbonyl (C=O) groups excluding carboxylic acids is 3. The van der Waals surface area contributed by atoms with E-state index in [0.29, 0.717) is 13.0 Å². The first-order chi connectivity index (χ1) is 11.5. The summed E-state index contributed by atoms with van der Waals surface area (Å²) in [4.78, 5) is 47.1. The molecule has 9 heteroatoms. The number of nitro groups is 1. The Morgan fingerprint density at radius 3 is 2.62 bits per heavy atom. The number of rotatable bonds is 6. The zero-order valence-corrected chi connectivity index (χ0v) is 12.8. The summed E-state index contributed by atoms with van der Waals surface area (Å²) in [5, 5.41) is 16.2. The molecule has 126 valence electrons. The first kappa shape index (κ1) is 15.9. The molecule has 9 nitrogen and oxygen atoms in total. The van der Waals surface area contributed by atoms with Gasteiger partial charge in [-0.3, -0.25) is 24.6 Å². The van der Waals surface area contributed by atoms with Crippen LogP contribution in [0.2, 0.25) is 0 Å². The standard InChI is InChI=1S/C15H16N4O5/c20-13-11-5-4-10(19(23)24)8-12(11)14(21)18(13)7-1-6-16-15(22)17-9-2-3-9/h4-5,8-9H,1-3,6-7H2,(H2,16,17,22). The van der Waals surface area contributed by atoms with E-state index in [9.17, 15) is 24.5 Å². The van der Waals surface area contributed by atoms with Gasteiger partial charge in [0.15, 0.2) is 0 Å². The van der Waals surface area contributed by atoms with Gasteiger partial charge in [0.25, 0.3) is 17.5 Å². The van der Waals surface area contributed by atoms with Crippen molar-refractivity contribution in [3.05, 3.63) is 39.4 Å². The number of nitrogens with one attached hydrogen (secondary N) is 2. The van der Waals surface area contributed by atoms with Gasteiger partial charge in [-0.1, -0.05) is 0 Å². The topological polar surface area (TPSA) is 122 Å². The van der Waals surface area contributed by atoms with Gasteiger partial charge in [0, 0.05) is 31.3 Å². The largest absolute Gasteiger partial charge is 0.338 e. The Morgan fingerprint density at radius 1 is 1.25 bits per heavy atom. The van der Waals surface area contributed by atoms with E-state index in [-0.39, 0.29) is 35.4 Å². The molecule has 0 atom stereocenters. The summed E-state index contributed by atoms with van der Waals surface area (Å²) in [7, 11) is 0. The van der Waals surface area contributed by atoms with E-state index in [1.807, 2.05) is 0 Å². The van der Waals surface area contributed by atoms with Gasteiger partial charge in [0.1, 0.15) is 0 Å². The molecule has 1 aromatic rings. The molecule has 1 aromatic carbocycles. The number of hydrogen-bond acceptors (Lipinski definition) is 5. The number of carbonyl (C=O) groups is 3. The van der Waals surface area contributed by atoms with Crippen molar-refractivity contribution in [2.24, 2.45) is 0 Å². The smallest absolute Gasteiger partial charge is 0.315 e. The van der Waals surface area contributed by atoms with Crippen LogP contribution in [0, 0.1) is 10.1 Å². The van der Waals surface area contributed by atoms with E-state index in [1.165, 1.54) is 12.1 Å². The molecule has 0 unspecified atom stereocenters. The van der Waals surface area contributed by atoms with Crippen LogP contribution in [0.15, 0.2) is 18.2 Å². The van der Waals surface area contributed by atoms with Crippen molar-refractivity contribution in [3.63, 3.8) is 0 Å². The maximum atomic E-state index is 12.2. The van der Waals surface area contributed by atoms with Crippen LogP contribution in [0.4, 0.5) is 10.5 Å². The maximum absolute atomic E-state index is 12.2. The van der Waals surface area contributed by atoms with Crippen molar-refractivity contribution in [1.82, 2.24) is 15.5 Å². The number of hydrogen-bond donors (Lipinski definition) is 2. The molecule has 2 N–H and O–H groups in total. The number of nitro benzene ring substituents is 1. The van der Waals surface area contributed by atoms with Crippen molar-refractivity contribution in [3.8, 4) is 0 Å². The highest BCUT2D eigenvalue weighted by Gasteiger charge is 2.36. The summed E-state index contributed by atoms with van der Waals surface area (Å²) in [5.41, 5.74) is -0.00571. The molecule has 1 aliphatic carbocycles. The third-order valence-electron chi connectivity index (χ3n) is 3.92. The molecule has 24 heavy (non-hydrogen) atoms. The monoisotopic (exact) mass is 332 g/mol. The third-order valence-corrected chi connectivity index (χ3v) is 3.92. The maximum Gasteiger partial charge on any atom is 0.315 e. The summed E-state index contributed by atoms with van der Waals surface area (Å²) in [6.07, 6.45) is 2.40. The Hall–Kier alpha value is -2.97. The second-order valence-electron chi connectivity index (χ2n) is 5.78. The number of fused-ring (bicyclic) bond motifs is 1. The fourth-order valence-corrected chi connectivity index (χ4v) is 2.50. The number of nitrogens with zero attached hydrogens (tertiary/aromatic N) is 2. The molecule has 0 aromatic heterocycles. The van der Waals surface area contributed by atoms with Crippen LogP contribution < -0.4 is 10.6 Å². The molecule has 2 aliphatic rings. The minimum Gasteiger partial charge on any atom is -0.338 e. The Kier molecular flexibility index (Phi) is 4.15. The molecule has 1 heterocycles. The molecular formula is C15H16N4O5. The summed E-state index contributed by atoms with van der Waals surface area (Å²) in [6, 6.07) is 3.64.